The first kappa shape index (κ1) is 17.1. The molecule has 6 nitrogen and oxygen atoms in total. The molecule has 3 rings (SSSR count). The van der Waals surface area contributed by atoms with Crippen molar-refractivity contribution in [2.75, 3.05) is 14.2 Å². The third-order valence-corrected chi connectivity index (χ3v) is 4.27. The Morgan fingerprint density at radius 1 is 1.20 bits per heavy atom. The van der Waals surface area contributed by atoms with Crippen molar-refractivity contribution >= 4 is 0 Å². The topological polar surface area (TPSA) is 56.1 Å². The van der Waals surface area contributed by atoms with Crippen molar-refractivity contribution in [2.45, 2.75) is 25.9 Å². The molecule has 0 saturated carbocycles. The molecule has 6 heteroatoms. The van der Waals surface area contributed by atoms with Gasteiger partial charge in [-0.25, -0.2) is 4.68 Å². The van der Waals surface area contributed by atoms with Gasteiger partial charge in [0.2, 0.25) is 0 Å². The van der Waals surface area contributed by atoms with E-state index in [-0.39, 0.29) is 0 Å². The van der Waals surface area contributed by atoms with E-state index >= 15 is 0 Å². The molecular weight excluding hydrogens is 314 g/mol. The third-order valence-electron chi connectivity index (χ3n) is 4.27. The number of para-hydroxylation sites is 2. The van der Waals surface area contributed by atoms with E-state index < -0.39 is 0 Å². The average molecular weight is 337 g/mol. The van der Waals surface area contributed by atoms with Crippen molar-refractivity contribution in [3.8, 4) is 11.4 Å². The number of ether oxygens (including phenoxy) is 1. The van der Waals surface area contributed by atoms with E-state index in [0.29, 0.717) is 6.04 Å². The van der Waals surface area contributed by atoms with Crippen LogP contribution in [0.4, 0.5) is 0 Å². The zero-order chi connectivity index (χ0) is 17.6. The van der Waals surface area contributed by atoms with Crippen LogP contribution in [0.15, 0.2) is 55.2 Å². The summed E-state index contributed by atoms with van der Waals surface area (Å²) in [5, 5.41) is 4.48. The number of hydrogen-bond acceptors (Lipinski definition) is 5. The van der Waals surface area contributed by atoms with Crippen LogP contribution in [0.25, 0.3) is 5.69 Å². The molecule has 1 atom stereocenters. The van der Waals surface area contributed by atoms with Gasteiger partial charge < -0.3 is 4.74 Å². The summed E-state index contributed by atoms with van der Waals surface area (Å²) in [6, 6.07) is 8.22. The molecule has 0 fully saturated rings. The normalized spacial score (nSPS) is 12.3. The molecule has 0 radical (unpaired) electrons. The second-order valence-electron chi connectivity index (χ2n) is 6.13. The van der Waals surface area contributed by atoms with Crippen LogP contribution in [0, 0.1) is 0 Å². The molecule has 0 aliphatic carbocycles. The Morgan fingerprint density at radius 3 is 2.80 bits per heavy atom. The van der Waals surface area contributed by atoms with Crippen molar-refractivity contribution in [3.63, 3.8) is 0 Å². The van der Waals surface area contributed by atoms with Gasteiger partial charge in [-0.1, -0.05) is 12.1 Å². The Kier molecular flexibility index (Phi) is 5.40. The number of benzene rings is 1. The van der Waals surface area contributed by atoms with Crippen molar-refractivity contribution < 1.29 is 4.74 Å². The third kappa shape index (κ3) is 4.22. The predicted molar refractivity (Wildman–Crippen MR) is 96.8 cm³/mol. The Hall–Kier alpha value is -2.73. The van der Waals surface area contributed by atoms with Crippen molar-refractivity contribution in [2.24, 2.45) is 0 Å². The second-order valence-corrected chi connectivity index (χ2v) is 6.13. The van der Waals surface area contributed by atoms with Crippen LogP contribution < -0.4 is 4.74 Å². The van der Waals surface area contributed by atoms with Gasteiger partial charge in [-0.3, -0.25) is 14.9 Å². The van der Waals surface area contributed by atoms with Crippen LogP contribution in [0.5, 0.6) is 5.75 Å². The van der Waals surface area contributed by atoms with Gasteiger partial charge in [-0.05, 0) is 26.1 Å². The monoisotopic (exact) mass is 337 g/mol. The van der Waals surface area contributed by atoms with Crippen LogP contribution >= 0.6 is 0 Å². The summed E-state index contributed by atoms with van der Waals surface area (Å²) >= 11 is 0. The maximum atomic E-state index is 5.41. The highest BCUT2D eigenvalue weighted by molar-refractivity contribution is 5.46. The van der Waals surface area contributed by atoms with Crippen LogP contribution in [0.3, 0.4) is 0 Å². The highest BCUT2D eigenvalue weighted by atomic mass is 16.5. The molecule has 0 aliphatic heterocycles. The Morgan fingerprint density at radius 2 is 2.04 bits per heavy atom. The van der Waals surface area contributed by atoms with Crippen LogP contribution in [0.2, 0.25) is 0 Å². The van der Waals surface area contributed by atoms with Crippen LogP contribution in [-0.4, -0.2) is 44.8 Å². The van der Waals surface area contributed by atoms with Crippen molar-refractivity contribution in [3.05, 3.63) is 66.5 Å². The first-order valence-electron chi connectivity index (χ1n) is 8.29. The molecule has 2 heterocycles. The standard InChI is InChI=1S/C19H23N5O/c1-15(10-17-12-20-8-9-21-17)23(2)13-16-11-22-24(14-16)18-6-4-5-7-19(18)25-3/h4-9,11-12,14-15H,10,13H2,1-3H3/t15-/m1/s1. The number of methoxy groups -OCH3 is 1. The fourth-order valence-electron chi connectivity index (χ4n) is 2.73. The molecule has 0 bridgehead atoms. The molecule has 0 spiro atoms. The minimum Gasteiger partial charge on any atom is -0.494 e. The molecule has 2 aromatic heterocycles. The highest BCUT2D eigenvalue weighted by Gasteiger charge is 2.13. The van der Waals surface area contributed by atoms with E-state index in [9.17, 15) is 0 Å². The number of nitrogens with zero attached hydrogens (tertiary/aromatic N) is 5. The van der Waals surface area contributed by atoms with Gasteiger partial charge in [-0.15, -0.1) is 0 Å². The quantitative estimate of drug-likeness (QED) is 0.663. The molecule has 3 aromatic rings. The zero-order valence-corrected chi connectivity index (χ0v) is 14.8. The van der Waals surface area contributed by atoms with E-state index in [0.717, 1.165) is 35.7 Å². The highest BCUT2D eigenvalue weighted by Crippen LogP contribution is 2.22. The summed E-state index contributed by atoms with van der Waals surface area (Å²) in [5.41, 5.74) is 3.09. The van der Waals surface area contributed by atoms with E-state index in [1.807, 2.05) is 47.5 Å². The van der Waals surface area contributed by atoms with Gasteiger partial charge in [0.15, 0.2) is 0 Å². The molecule has 25 heavy (non-hydrogen) atoms. The zero-order valence-electron chi connectivity index (χ0n) is 14.8. The summed E-state index contributed by atoms with van der Waals surface area (Å²) in [6.45, 7) is 3.01. The lowest BCUT2D eigenvalue weighted by Gasteiger charge is -2.23. The molecule has 0 unspecified atom stereocenters. The molecular formula is C19H23N5O. The summed E-state index contributed by atoms with van der Waals surface area (Å²) in [4.78, 5) is 10.8. The number of likely N-dealkylation sites (N-methyl/N-ethyl adjacent to an activating group) is 1. The van der Waals surface area contributed by atoms with Gasteiger partial charge in [0, 0.05) is 49.4 Å². The fraction of sp³-hybridized carbons (Fsp3) is 0.316. The van der Waals surface area contributed by atoms with Gasteiger partial charge in [0.25, 0.3) is 0 Å². The van der Waals surface area contributed by atoms with Crippen LogP contribution in [-0.2, 0) is 13.0 Å². The fourth-order valence-corrected chi connectivity index (χ4v) is 2.73. The maximum Gasteiger partial charge on any atom is 0.144 e. The lowest BCUT2D eigenvalue weighted by atomic mass is 10.1. The molecule has 0 N–H and O–H groups in total. The van der Waals surface area contributed by atoms with E-state index in [1.54, 1.807) is 19.5 Å². The molecule has 0 aliphatic rings. The van der Waals surface area contributed by atoms with Gasteiger partial charge >= 0.3 is 0 Å². The van der Waals surface area contributed by atoms with Gasteiger partial charge in [0.05, 0.1) is 19.0 Å². The second kappa shape index (κ2) is 7.90. The van der Waals surface area contributed by atoms with Crippen molar-refractivity contribution in [1.29, 1.82) is 0 Å². The predicted octanol–water partition coefficient (Wildman–Crippen LogP) is 2.73. The van der Waals surface area contributed by atoms with Crippen LogP contribution in [0.1, 0.15) is 18.2 Å². The molecule has 130 valence electrons. The molecule has 0 amide bonds. The summed E-state index contributed by atoms with van der Waals surface area (Å²) < 4.78 is 7.27. The number of rotatable bonds is 7. The first-order chi connectivity index (χ1) is 12.2. The summed E-state index contributed by atoms with van der Waals surface area (Å²) in [5.74, 6) is 0.807. The minimum absolute atomic E-state index is 0.353. The first-order valence-corrected chi connectivity index (χ1v) is 8.29. The summed E-state index contributed by atoms with van der Waals surface area (Å²) in [6.07, 6.45) is 10.1. The van der Waals surface area contributed by atoms with E-state index in [1.165, 1.54) is 0 Å². The number of aromatic nitrogens is 4. The van der Waals surface area contributed by atoms with E-state index in [4.69, 9.17) is 4.74 Å². The smallest absolute Gasteiger partial charge is 0.144 e. The SMILES string of the molecule is COc1ccccc1-n1cc(CN(C)[C@H](C)Cc2cnccn2)cn1. The average Bonchev–Trinajstić information content (AvgIpc) is 3.10. The Balaban J connectivity index is 1.66. The lowest BCUT2D eigenvalue weighted by Crippen LogP contribution is -2.30. The van der Waals surface area contributed by atoms with Crippen molar-refractivity contribution in [1.82, 2.24) is 24.6 Å². The Bertz CT molecular complexity index is 802. The molecule has 1 aromatic carbocycles. The summed E-state index contributed by atoms with van der Waals surface area (Å²) in [7, 11) is 3.78. The molecule has 0 saturated heterocycles. The number of hydrogen-bond donors (Lipinski definition) is 0. The largest absolute Gasteiger partial charge is 0.494 e. The van der Waals surface area contributed by atoms with Gasteiger partial charge in [-0.2, -0.15) is 5.10 Å². The van der Waals surface area contributed by atoms with Gasteiger partial charge in [0.1, 0.15) is 11.4 Å². The minimum atomic E-state index is 0.353. The maximum absolute atomic E-state index is 5.41. The Labute approximate surface area is 148 Å². The van der Waals surface area contributed by atoms with E-state index in [2.05, 4.69) is 33.9 Å². The lowest BCUT2D eigenvalue weighted by molar-refractivity contribution is 0.246.